The summed E-state index contributed by atoms with van der Waals surface area (Å²) in [5.41, 5.74) is 10.3. The van der Waals surface area contributed by atoms with Gasteiger partial charge in [0, 0.05) is 29.4 Å². The van der Waals surface area contributed by atoms with Crippen LogP contribution in [0.5, 0.6) is 0 Å². The number of nitrogens with one attached hydrogen (secondary N) is 1. The zero-order chi connectivity index (χ0) is 17.5. The average molecular weight is 359 g/mol. The smallest absolute Gasteiger partial charge is 0.261 e. The average Bonchev–Trinajstić information content (AvgIpc) is 3.09. The molecular weight excluding hydrogens is 342 g/mol. The van der Waals surface area contributed by atoms with E-state index in [1.54, 1.807) is 12.1 Å². The Morgan fingerprint density at radius 1 is 1.24 bits per heavy atom. The first-order valence-electron chi connectivity index (χ1n) is 7.75. The molecule has 0 amide bonds. The second-order valence-corrected chi connectivity index (χ2v) is 5.65. The van der Waals surface area contributed by atoms with Crippen LogP contribution in [0, 0.1) is 0 Å². The zero-order valence-corrected chi connectivity index (χ0v) is 14.2. The number of hydrogen-bond donors (Lipinski definition) is 1. The van der Waals surface area contributed by atoms with Crippen LogP contribution in [0.15, 0.2) is 45.9 Å². The number of azide groups is 1. The minimum absolute atomic E-state index is 0.151. The quantitative estimate of drug-likeness (QED) is 0.375. The van der Waals surface area contributed by atoms with E-state index in [-0.39, 0.29) is 17.7 Å². The third-order valence-electron chi connectivity index (χ3n) is 3.63. The molecule has 0 aliphatic carbocycles. The lowest BCUT2D eigenvalue weighted by molar-refractivity contribution is 0.122. The molecule has 1 aromatic carbocycles. The molecule has 0 saturated carbocycles. The maximum absolute atomic E-state index is 8.34. The fourth-order valence-electron chi connectivity index (χ4n) is 2.41. The molecule has 0 bridgehead atoms. The van der Waals surface area contributed by atoms with E-state index in [0.29, 0.717) is 5.76 Å². The number of furan rings is 1. The summed E-state index contributed by atoms with van der Waals surface area (Å²) in [5, 5.41) is 6.62. The molecule has 1 N–H and O–H groups in total. The number of morpholine rings is 1. The van der Waals surface area contributed by atoms with Gasteiger partial charge in [-0.05, 0) is 59.3 Å². The molecule has 0 spiro atoms. The van der Waals surface area contributed by atoms with Gasteiger partial charge >= 0.3 is 0 Å². The number of anilines is 2. The summed E-state index contributed by atoms with van der Waals surface area (Å²) >= 11 is 5.17. The van der Waals surface area contributed by atoms with Gasteiger partial charge in [0.15, 0.2) is 5.88 Å². The zero-order valence-electron chi connectivity index (χ0n) is 13.4. The van der Waals surface area contributed by atoms with E-state index in [1.165, 1.54) is 0 Å². The summed E-state index contributed by atoms with van der Waals surface area (Å²) in [6, 6.07) is 11.2. The predicted octanol–water partition coefficient (Wildman–Crippen LogP) is 3.97. The van der Waals surface area contributed by atoms with Crippen molar-refractivity contribution in [1.29, 1.82) is 0 Å². The van der Waals surface area contributed by atoms with Crippen LogP contribution < -0.4 is 10.2 Å². The molecule has 130 valence electrons. The first kappa shape index (κ1) is 17.1. The van der Waals surface area contributed by atoms with Gasteiger partial charge in [0.1, 0.15) is 12.4 Å². The normalized spacial score (nSPS) is 13.8. The fourth-order valence-corrected chi connectivity index (χ4v) is 2.59. The van der Waals surface area contributed by atoms with Crippen molar-refractivity contribution in [1.82, 2.24) is 0 Å². The fraction of sp³-hybridized carbons (Fsp3) is 0.312. The van der Waals surface area contributed by atoms with Crippen LogP contribution >= 0.6 is 12.2 Å². The van der Waals surface area contributed by atoms with E-state index in [1.807, 2.05) is 24.3 Å². The second kappa shape index (κ2) is 8.39. The Morgan fingerprint density at radius 3 is 2.72 bits per heavy atom. The summed E-state index contributed by atoms with van der Waals surface area (Å²) in [7, 11) is 0. The van der Waals surface area contributed by atoms with Gasteiger partial charge in [-0.2, -0.15) is 0 Å². The summed E-state index contributed by atoms with van der Waals surface area (Å²) in [6.45, 7) is 3.46. The Morgan fingerprint density at radius 2 is 2.00 bits per heavy atom. The molecule has 3 rings (SSSR count). The lowest BCUT2D eigenvalue weighted by atomic mass is 10.2. The van der Waals surface area contributed by atoms with E-state index in [0.717, 1.165) is 37.7 Å². The molecular formula is C16H17N5O3S. The van der Waals surface area contributed by atoms with E-state index in [4.69, 9.17) is 31.6 Å². The van der Waals surface area contributed by atoms with Gasteiger partial charge in [-0.1, -0.05) is 0 Å². The highest BCUT2D eigenvalue weighted by molar-refractivity contribution is 7.80. The molecule has 1 fully saturated rings. The Bertz CT molecular complexity index is 764. The molecule has 0 radical (unpaired) electrons. The van der Waals surface area contributed by atoms with Crippen molar-refractivity contribution in [2.75, 3.05) is 36.5 Å². The Hall–Kier alpha value is -2.74. The highest BCUT2D eigenvalue weighted by Gasteiger charge is 2.11. The van der Waals surface area contributed by atoms with Crippen molar-refractivity contribution in [3.63, 3.8) is 0 Å². The standard InChI is InChI=1S/C16H17N5O3S/c17-20-19-15-6-5-14(24-15)11-23-16(25)18-12-1-3-13(4-2-12)21-7-9-22-10-8-21/h1-6H,7-11H2,(H,18,25). The molecule has 8 nitrogen and oxygen atoms in total. The first-order valence-corrected chi connectivity index (χ1v) is 8.16. The highest BCUT2D eigenvalue weighted by atomic mass is 32.1. The van der Waals surface area contributed by atoms with Gasteiger partial charge < -0.3 is 24.1 Å². The van der Waals surface area contributed by atoms with E-state index in [2.05, 4.69) is 20.2 Å². The summed E-state index contributed by atoms with van der Waals surface area (Å²) in [5.74, 6) is 0.716. The van der Waals surface area contributed by atoms with Gasteiger partial charge in [-0.25, -0.2) is 0 Å². The van der Waals surface area contributed by atoms with Crippen molar-refractivity contribution in [2.24, 2.45) is 5.11 Å². The van der Waals surface area contributed by atoms with Gasteiger partial charge in [-0.15, -0.1) is 0 Å². The topological polar surface area (TPSA) is 95.6 Å². The Kier molecular flexibility index (Phi) is 5.73. The van der Waals surface area contributed by atoms with Gasteiger partial charge in [0.25, 0.3) is 5.17 Å². The summed E-state index contributed by atoms with van der Waals surface area (Å²) in [6.07, 6.45) is 0. The molecule has 1 aromatic heterocycles. The van der Waals surface area contributed by atoms with Crippen LogP contribution in [0.4, 0.5) is 17.3 Å². The van der Waals surface area contributed by atoms with Crippen LogP contribution in [0.25, 0.3) is 10.4 Å². The Labute approximate surface area is 149 Å². The SMILES string of the molecule is [N-]=[N+]=Nc1ccc(COC(=S)Nc2ccc(N3CCOCC3)cc2)o1. The molecule has 25 heavy (non-hydrogen) atoms. The van der Waals surface area contributed by atoms with Crippen LogP contribution in [0.3, 0.4) is 0 Å². The molecule has 0 unspecified atom stereocenters. The van der Waals surface area contributed by atoms with E-state index >= 15 is 0 Å². The monoisotopic (exact) mass is 359 g/mol. The number of ether oxygens (including phenoxy) is 2. The van der Waals surface area contributed by atoms with E-state index in [9.17, 15) is 0 Å². The van der Waals surface area contributed by atoms with Crippen molar-refractivity contribution in [2.45, 2.75) is 6.61 Å². The number of thiocarbonyl (C=S) groups is 1. The van der Waals surface area contributed by atoms with E-state index < -0.39 is 0 Å². The molecule has 2 heterocycles. The van der Waals surface area contributed by atoms with Gasteiger partial charge in [0.05, 0.1) is 13.2 Å². The molecule has 1 saturated heterocycles. The van der Waals surface area contributed by atoms with Crippen molar-refractivity contribution in [3.8, 4) is 0 Å². The van der Waals surface area contributed by atoms with Crippen molar-refractivity contribution >= 4 is 34.7 Å². The van der Waals surface area contributed by atoms with Gasteiger partial charge in [0.2, 0.25) is 0 Å². The maximum atomic E-state index is 8.34. The minimum atomic E-state index is 0.151. The van der Waals surface area contributed by atoms with Gasteiger partial charge in [-0.3, -0.25) is 0 Å². The van der Waals surface area contributed by atoms with Crippen LogP contribution in [0.1, 0.15) is 5.76 Å². The van der Waals surface area contributed by atoms with Crippen molar-refractivity contribution in [3.05, 3.63) is 52.6 Å². The number of benzene rings is 1. The maximum Gasteiger partial charge on any atom is 0.261 e. The third-order valence-corrected chi connectivity index (χ3v) is 3.85. The molecule has 9 heteroatoms. The first-order chi connectivity index (χ1) is 12.2. The molecule has 1 aliphatic rings. The number of nitrogens with zero attached hydrogens (tertiary/aromatic N) is 4. The summed E-state index contributed by atoms with van der Waals surface area (Å²) in [4.78, 5) is 4.93. The largest absolute Gasteiger partial charge is 0.463 e. The van der Waals surface area contributed by atoms with Crippen LogP contribution in [-0.4, -0.2) is 31.5 Å². The Balaban J connectivity index is 1.49. The number of hydrogen-bond acceptors (Lipinski definition) is 6. The molecule has 1 aliphatic heterocycles. The molecule has 2 aromatic rings. The lowest BCUT2D eigenvalue weighted by Crippen LogP contribution is -2.36. The minimum Gasteiger partial charge on any atom is -0.463 e. The predicted molar refractivity (Wildman–Crippen MR) is 98.0 cm³/mol. The van der Waals surface area contributed by atoms with Crippen LogP contribution in [0.2, 0.25) is 0 Å². The number of rotatable bonds is 5. The molecule has 0 atom stereocenters. The third kappa shape index (κ3) is 4.87. The van der Waals surface area contributed by atoms with Crippen molar-refractivity contribution < 1.29 is 13.9 Å². The highest BCUT2D eigenvalue weighted by Crippen LogP contribution is 2.20. The second-order valence-electron chi connectivity index (χ2n) is 5.28. The lowest BCUT2D eigenvalue weighted by Gasteiger charge is -2.28. The summed E-state index contributed by atoms with van der Waals surface area (Å²) < 4.78 is 16.1. The van der Waals surface area contributed by atoms with Crippen LogP contribution in [-0.2, 0) is 16.1 Å².